The van der Waals surface area contributed by atoms with Crippen LogP contribution in [0.4, 0.5) is 13.2 Å². The molecular formula is C15H15F3LiNO5-2. The van der Waals surface area contributed by atoms with E-state index in [1.165, 1.54) is 12.1 Å². The molecule has 0 fully saturated rings. The molecule has 0 radical (unpaired) electrons. The van der Waals surface area contributed by atoms with Crippen molar-refractivity contribution in [3.63, 3.8) is 0 Å². The molecule has 0 saturated carbocycles. The number of benzene rings is 1. The number of carboxylic acid groups (broad SMARTS) is 1. The van der Waals surface area contributed by atoms with Crippen LogP contribution < -0.4 is 23.6 Å². The molecule has 3 N–H and O–H groups in total. The van der Waals surface area contributed by atoms with Crippen molar-refractivity contribution in [2.45, 2.75) is 18.4 Å². The van der Waals surface area contributed by atoms with Gasteiger partial charge in [-0.15, -0.1) is 5.57 Å². The number of halogens is 3. The third kappa shape index (κ3) is 9.31. The van der Waals surface area contributed by atoms with E-state index >= 15 is 0 Å². The number of hydrogen-bond acceptors (Lipinski definition) is 4. The zero-order valence-electron chi connectivity index (χ0n) is 13.3. The van der Waals surface area contributed by atoms with E-state index in [-0.39, 0.29) is 24.6 Å². The Morgan fingerprint density at radius 2 is 1.92 bits per heavy atom. The van der Waals surface area contributed by atoms with Crippen LogP contribution in [0, 0.1) is 13.5 Å². The van der Waals surface area contributed by atoms with E-state index in [1.54, 1.807) is 12.1 Å². The maximum Gasteiger partial charge on any atom is 1.00 e. The van der Waals surface area contributed by atoms with E-state index in [1.807, 2.05) is 0 Å². The first-order valence-corrected chi connectivity index (χ1v) is 6.30. The summed E-state index contributed by atoms with van der Waals surface area (Å²) < 4.78 is 41.0. The molecule has 0 amide bonds. The number of carboxylic acids is 1. The predicted molar refractivity (Wildman–Crippen MR) is 79.1 cm³/mol. The number of aliphatic hydroxyl groups is 2. The Bertz CT molecular complexity index is 591. The Labute approximate surface area is 154 Å². The standard InChI is InChI=1S/C11H12F3O3.C4H3NO2.Li/c1-2-8-4-3-5-9(6-8)17-7-10(15,16)11(12,13)14;1-3(2-5)4(6)7;/h3-6,15-16H,1-2,7H2;1-2H,(H,6,7);/q-1;-2;+1. The van der Waals surface area contributed by atoms with Crippen molar-refractivity contribution in [1.29, 1.82) is 0 Å². The molecule has 0 bridgehead atoms. The van der Waals surface area contributed by atoms with Crippen LogP contribution in [0.3, 0.4) is 0 Å². The fourth-order valence-corrected chi connectivity index (χ4v) is 1.11. The van der Waals surface area contributed by atoms with Crippen molar-refractivity contribution in [3.8, 4) is 5.75 Å². The van der Waals surface area contributed by atoms with Crippen LogP contribution in [0.25, 0.3) is 5.41 Å². The third-order valence-corrected chi connectivity index (χ3v) is 2.47. The first-order valence-electron chi connectivity index (χ1n) is 6.30. The van der Waals surface area contributed by atoms with Crippen LogP contribution in [0.2, 0.25) is 0 Å². The molecule has 1 aromatic rings. The number of carbonyl (C=O) groups is 1. The van der Waals surface area contributed by atoms with Gasteiger partial charge in [0.15, 0.2) is 6.61 Å². The van der Waals surface area contributed by atoms with Crippen molar-refractivity contribution < 1.29 is 56.9 Å². The summed E-state index contributed by atoms with van der Waals surface area (Å²) in [6.07, 6.45) is -4.36. The quantitative estimate of drug-likeness (QED) is 0.195. The van der Waals surface area contributed by atoms with Gasteiger partial charge >= 0.3 is 25.0 Å². The fraction of sp³-hybridized carbons (Fsp3) is 0.267. The summed E-state index contributed by atoms with van der Waals surface area (Å²) in [6, 6.07) is 6.22. The second-order valence-corrected chi connectivity index (χ2v) is 4.39. The molecule has 0 heterocycles. The van der Waals surface area contributed by atoms with Crippen molar-refractivity contribution in [1.82, 2.24) is 0 Å². The molecule has 0 aromatic heterocycles. The summed E-state index contributed by atoms with van der Waals surface area (Å²) in [5, 5.41) is 33.1. The number of nitrogens with zero attached hydrogens (tertiary/aromatic N) is 1. The van der Waals surface area contributed by atoms with Gasteiger partial charge in [-0.25, -0.2) is 6.58 Å². The Hall–Kier alpha value is -1.79. The predicted octanol–water partition coefficient (Wildman–Crippen LogP) is -1.24. The van der Waals surface area contributed by atoms with Crippen LogP contribution in [0.5, 0.6) is 5.75 Å². The number of rotatable bonds is 6. The van der Waals surface area contributed by atoms with Crippen molar-refractivity contribution in [3.05, 3.63) is 54.3 Å². The largest absolute Gasteiger partial charge is 1.00 e. The van der Waals surface area contributed by atoms with Crippen LogP contribution in [-0.2, 0) is 11.2 Å². The molecule has 0 atom stereocenters. The number of ether oxygens (including phenoxy) is 1. The normalized spacial score (nSPS) is 10.6. The Kier molecular flexibility index (Phi) is 11.1. The molecule has 0 aliphatic heterocycles. The van der Waals surface area contributed by atoms with Gasteiger partial charge < -0.3 is 43.4 Å². The molecule has 134 valence electrons. The maximum absolute atomic E-state index is 12.1. The topological polar surface area (TPSA) is 109 Å². The van der Waals surface area contributed by atoms with E-state index in [4.69, 9.17) is 25.5 Å². The Morgan fingerprint density at radius 3 is 2.28 bits per heavy atom. The minimum absolute atomic E-state index is 0. The van der Waals surface area contributed by atoms with Gasteiger partial charge in [-0.2, -0.15) is 19.6 Å². The molecular weight excluding hydrogens is 338 g/mol. The second-order valence-electron chi connectivity index (χ2n) is 4.39. The van der Waals surface area contributed by atoms with Crippen LogP contribution in [-0.4, -0.2) is 46.1 Å². The van der Waals surface area contributed by atoms with Gasteiger partial charge in [-0.1, -0.05) is 17.7 Å². The van der Waals surface area contributed by atoms with Crippen LogP contribution in [0.1, 0.15) is 5.56 Å². The van der Waals surface area contributed by atoms with Gasteiger partial charge in [0.05, 0.1) is 0 Å². The first kappa shape index (κ1) is 25.4. The molecule has 10 heteroatoms. The average Bonchev–Trinajstić information content (AvgIpc) is 2.51. The number of hydrogen-bond donors (Lipinski definition) is 3. The average molecular weight is 353 g/mol. The van der Waals surface area contributed by atoms with E-state index in [2.05, 4.69) is 13.5 Å². The molecule has 0 aliphatic carbocycles. The third-order valence-electron chi connectivity index (χ3n) is 2.47. The SMILES string of the molecule is [CH-]=C(C=[N-])C(=O)O.[CH2-]Cc1cccc(OCC(O)(O)C(F)(F)F)c1.[Li+]. The van der Waals surface area contributed by atoms with Crippen LogP contribution >= 0.6 is 0 Å². The van der Waals surface area contributed by atoms with Crippen molar-refractivity contribution in [2.75, 3.05) is 6.61 Å². The monoisotopic (exact) mass is 353 g/mol. The van der Waals surface area contributed by atoms with Crippen molar-refractivity contribution in [2.24, 2.45) is 0 Å². The summed E-state index contributed by atoms with van der Waals surface area (Å²) in [6.45, 7) is 6.96. The number of aliphatic carboxylic acids is 1. The molecule has 25 heavy (non-hydrogen) atoms. The zero-order valence-corrected chi connectivity index (χ0v) is 13.3. The minimum atomic E-state index is -5.16. The molecule has 1 aromatic carbocycles. The molecule has 1 rings (SSSR count). The summed E-state index contributed by atoms with van der Waals surface area (Å²) in [5.41, 5.74) is 0.219. The van der Waals surface area contributed by atoms with Gasteiger partial charge in [0.2, 0.25) is 5.97 Å². The van der Waals surface area contributed by atoms with E-state index in [9.17, 15) is 18.0 Å². The fourth-order valence-electron chi connectivity index (χ4n) is 1.11. The maximum atomic E-state index is 12.1. The molecule has 0 unspecified atom stereocenters. The molecule has 0 saturated heterocycles. The molecule has 0 aliphatic rings. The van der Waals surface area contributed by atoms with E-state index < -0.39 is 30.1 Å². The van der Waals surface area contributed by atoms with E-state index in [0.717, 1.165) is 5.56 Å². The van der Waals surface area contributed by atoms with Gasteiger partial charge in [0, 0.05) is 0 Å². The van der Waals surface area contributed by atoms with Crippen molar-refractivity contribution >= 4 is 12.2 Å². The minimum Gasteiger partial charge on any atom is -0.878 e. The van der Waals surface area contributed by atoms with Gasteiger partial charge in [-0.3, -0.25) is 0 Å². The number of alkyl halides is 3. The smallest absolute Gasteiger partial charge is 0.878 e. The first-order chi connectivity index (χ1) is 10.9. The molecule has 0 spiro atoms. The summed E-state index contributed by atoms with van der Waals surface area (Å²) in [7, 11) is 0. The van der Waals surface area contributed by atoms with Gasteiger partial charge in [-0.05, 0) is 12.1 Å². The van der Waals surface area contributed by atoms with Gasteiger partial charge in [0.25, 0.3) is 5.79 Å². The summed E-state index contributed by atoms with van der Waals surface area (Å²) in [5.74, 6) is -5.04. The van der Waals surface area contributed by atoms with Gasteiger partial charge in [0.1, 0.15) is 5.75 Å². The zero-order chi connectivity index (χ0) is 19.0. The van der Waals surface area contributed by atoms with E-state index in [0.29, 0.717) is 12.6 Å². The molecule has 6 nitrogen and oxygen atoms in total. The summed E-state index contributed by atoms with van der Waals surface area (Å²) >= 11 is 0. The second kappa shape index (κ2) is 10.9. The Morgan fingerprint density at radius 1 is 1.36 bits per heavy atom. The summed E-state index contributed by atoms with van der Waals surface area (Å²) in [4.78, 5) is 9.58. The van der Waals surface area contributed by atoms with Crippen LogP contribution in [0.15, 0.2) is 29.8 Å². The Balaban J connectivity index is 0.